The van der Waals surface area contributed by atoms with E-state index in [1.54, 1.807) is 36.7 Å². The van der Waals surface area contributed by atoms with Crippen molar-refractivity contribution in [2.75, 3.05) is 10.6 Å². The minimum Gasteiger partial charge on any atom is -0.324 e. The molecule has 13 heteroatoms. The molecule has 0 atom stereocenters. The minimum absolute atomic E-state index is 0.0118. The first-order valence-corrected chi connectivity index (χ1v) is 14.4. The first-order valence-electron chi connectivity index (χ1n) is 14.4. The molecule has 2 N–H and O–H groups in total. The lowest BCUT2D eigenvalue weighted by atomic mass is 10.0. The molecule has 5 aromatic rings. The van der Waals surface area contributed by atoms with Gasteiger partial charge < -0.3 is 10.6 Å². The molecule has 222 valence electrons. The van der Waals surface area contributed by atoms with E-state index in [-0.39, 0.29) is 41.2 Å². The number of amides is 1. The standard InChI is InChI=1S/C31H30N10O3/c1-17-24-16-33-31(36-29(24)41(23-6-4-5-7-23)30(44)27(17)18(2)42)35-25-13-12-22(15-32-25)34-26(43)14-20-8-10-21(11-9-20)28-39-37-19(3)38-40-28/h8-13,15-16,23H,4-7,14H2,1-3H3,(H,34,43)(H,32,33,35,36). The largest absolute Gasteiger partial charge is 0.324 e. The van der Waals surface area contributed by atoms with E-state index in [1.807, 2.05) is 24.3 Å². The Balaban J connectivity index is 1.15. The lowest BCUT2D eigenvalue weighted by molar-refractivity contribution is -0.115. The van der Waals surface area contributed by atoms with Gasteiger partial charge in [-0.2, -0.15) is 4.98 Å². The van der Waals surface area contributed by atoms with Crippen molar-refractivity contribution in [3.8, 4) is 11.4 Å². The summed E-state index contributed by atoms with van der Waals surface area (Å²) in [6.45, 7) is 4.89. The molecule has 6 rings (SSSR count). The molecule has 44 heavy (non-hydrogen) atoms. The average Bonchev–Trinajstić information content (AvgIpc) is 3.53. The van der Waals surface area contributed by atoms with E-state index in [9.17, 15) is 14.4 Å². The first-order chi connectivity index (χ1) is 21.3. The third-order valence-corrected chi connectivity index (χ3v) is 7.69. The molecule has 1 aromatic carbocycles. The van der Waals surface area contributed by atoms with Gasteiger partial charge in [0, 0.05) is 23.2 Å². The van der Waals surface area contributed by atoms with Crippen molar-refractivity contribution < 1.29 is 9.59 Å². The molecule has 0 saturated heterocycles. The predicted molar refractivity (Wildman–Crippen MR) is 164 cm³/mol. The van der Waals surface area contributed by atoms with Crippen LogP contribution in [0.4, 0.5) is 17.5 Å². The van der Waals surface area contributed by atoms with Crippen LogP contribution in [0.1, 0.15) is 66.0 Å². The molecule has 1 amide bonds. The van der Waals surface area contributed by atoms with Crippen LogP contribution in [0.5, 0.6) is 0 Å². The van der Waals surface area contributed by atoms with Crippen LogP contribution in [0.25, 0.3) is 22.4 Å². The third kappa shape index (κ3) is 5.89. The van der Waals surface area contributed by atoms with Gasteiger partial charge in [-0.15, -0.1) is 20.4 Å². The molecule has 0 bridgehead atoms. The van der Waals surface area contributed by atoms with Gasteiger partial charge in [-0.25, -0.2) is 9.97 Å². The van der Waals surface area contributed by atoms with Crippen molar-refractivity contribution in [1.82, 2.24) is 39.9 Å². The summed E-state index contributed by atoms with van der Waals surface area (Å²) in [5, 5.41) is 22.5. The molecule has 0 radical (unpaired) electrons. The zero-order chi connectivity index (χ0) is 30.8. The van der Waals surface area contributed by atoms with Gasteiger partial charge in [-0.1, -0.05) is 37.1 Å². The molecule has 1 aliphatic rings. The molecule has 0 aliphatic heterocycles. The smallest absolute Gasteiger partial charge is 0.263 e. The monoisotopic (exact) mass is 590 g/mol. The molecule has 1 aliphatic carbocycles. The Hall–Kier alpha value is -5.46. The zero-order valence-electron chi connectivity index (χ0n) is 24.5. The van der Waals surface area contributed by atoms with E-state index in [4.69, 9.17) is 0 Å². The van der Waals surface area contributed by atoms with Crippen molar-refractivity contribution in [3.05, 3.63) is 81.7 Å². The molecule has 4 aromatic heterocycles. The minimum atomic E-state index is -0.303. The van der Waals surface area contributed by atoms with Gasteiger partial charge in [0.15, 0.2) is 11.6 Å². The number of rotatable bonds is 8. The van der Waals surface area contributed by atoms with Crippen molar-refractivity contribution in [3.63, 3.8) is 0 Å². The van der Waals surface area contributed by atoms with Crippen LogP contribution >= 0.6 is 0 Å². The molecule has 13 nitrogen and oxygen atoms in total. The number of hydrogen-bond donors (Lipinski definition) is 2. The van der Waals surface area contributed by atoms with Gasteiger partial charge in [0.1, 0.15) is 11.5 Å². The van der Waals surface area contributed by atoms with E-state index < -0.39 is 0 Å². The highest BCUT2D eigenvalue weighted by Gasteiger charge is 2.26. The van der Waals surface area contributed by atoms with E-state index in [2.05, 4.69) is 46.0 Å². The second-order valence-corrected chi connectivity index (χ2v) is 10.9. The predicted octanol–water partition coefficient (Wildman–Crippen LogP) is 4.29. The molecule has 1 fully saturated rings. The quantitative estimate of drug-likeness (QED) is 0.247. The van der Waals surface area contributed by atoms with Crippen LogP contribution in [-0.4, -0.2) is 51.6 Å². The van der Waals surface area contributed by atoms with Crippen LogP contribution in [-0.2, 0) is 11.2 Å². The summed E-state index contributed by atoms with van der Waals surface area (Å²) in [6, 6.07) is 10.7. The van der Waals surface area contributed by atoms with Crippen LogP contribution in [0.2, 0.25) is 0 Å². The van der Waals surface area contributed by atoms with Crippen molar-refractivity contribution in [2.45, 2.75) is 58.9 Å². The van der Waals surface area contributed by atoms with E-state index in [0.29, 0.717) is 39.8 Å². The third-order valence-electron chi connectivity index (χ3n) is 7.69. The van der Waals surface area contributed by atoms with Gasteiger partial charge in [0.2, 0.25) is 17.7 Å². The molecule has 1 saturated carbocycles. The number of aryl methyl sites for hydroxylation is 2. The number of benzene rings is 1. The van der Waals surface area contributed by atoms with Crippen LogP contribution in [0.3, 0.4) is 0 Å². The topological polar surface area (TPSA) is 170 Å². The number of nitrogens with one attached hydrogen (secondary N) is 2. The summed E-state index contributed by atoms with van der Waals surface area (Å²) < 4.78 is 1.67. The summed E-state index contributed by atoms with van der Waals surface area (Å²) in [7, 11) is 0. The normalized spacial score (nSPS) is 13.2. The highest BCUT2D eigenvalue weighted by Crippen LogP contribution is 2.32. The van der Waals surface area contributed by atoms with Gasteiger partial charge >= 0.3 is 0 Å². The Kier molecular flexibility index (Phi) is 7.84. The fraction of sp³-hybridized carbons (Fsp3) is 0.290. The van der Waals surface area contributed by atoms with E-state index in [1.165, 1.54) is 13.1 Å². The summed E-state index contributed by atoms with van der Waals surface area (Å²) in [6.07, 6.45) is 7.12. The lowest BCUT2D eigenvalue weighted by Crippen LogP contribution is -2.30. The van der Waals surface area contributed by atoms with Gasteiger partial charge in [-0.05, 0) is 56.9 Å². The molecular formula is C31H30N10O3. The highest BCUT2D eigenvalue weighted by atomic mass is 16.2. The number of nitrogens with zero attached hydrogens (tertiary/aromatic N) is 8. The number of ketones is 1. The Labute approximate surface area is 252 Å². The summed E-state index contributed by atoms with van der Waals surface area (Å²) >= 11 is 0. The number of aromatic nitrogens is 8. The second-order valence-electron chi connectivity index (χ2n) is 10.9. The van der Waals surface area contributed by atoms with Gasteiger partial charge in [0.05, 0.1) is 23.9 Å². The maximum absolute atomic E-state index is 13.4. The van der Waals surface area contributed by atoms with Crippen LogP contribution in [0, 0.1) is 13.8 Å². The summed E-state index contributed by atoms with van der Waals surface area (Å²) in [5.41, 5.74) is 3.08. The Morgan fingerprint density at radius 3 is 2.32 bits per heavy atom. The fourth-order valence-corrected chi connectivity index (χ4v) is 5.52. The van der Waals surface area contributed by atoms with E-state index in [0.717, 1.165) is 36.8 Å². The molecule has 0 spiro atoms. The molecule has 4 heterocycles. The van der Waals surface area contributed by atoms with Gasteiger partial charge in [0.25, 0.3) is 5.56 Å². The highest BCUT2D eigenvalue weighted by molar-refractivity contribution is 5.99. The van der Waals surface area contributed by atoms with Crippen molar-refractivity contribution in [2.24, 2.45) is 0 Å². The Morgan fingerprint density at radius 1 is 0.932 bits per heavy atom. The number of fused-ring (bicyclic) bond motifs is 1. The zero-order valence-corrected chi connectivity index (χ0v) is 24.5. The Morgan fingerprint density at radius 2 is 1.66 bits per heavy atom. The Bertz CT molecular complexity index is 1920. The number of anilines is 3. The first kappa shape index (κ1) is 28.6. The van der Waals surface area contributed by atoms with Crippen LogP contribution in [0.15, 0.2) is 53.6 Å². The number of Topliss-reactive ketones (excluding diaryl/α,β-unsaturated/α-hetero) is 1. The number of pyridine rings is 2. The second kappa shape index (κ2) is 12.0. The number of carbonyl (C=O) groups is 2. The van der Waals surface area contributed by atoms with Crippen molar-refractivity contribution in [1.29, 1.82) is 0 Å². The summed E-state index contributed by atoms with van der Waals surface area (Å²) in [4.78, 5) is 52.0. The number of hydrogen-bond acceptors (Lipinski definition) is 11. The van der Waals surface area contributed by atoms with E-state index >= 15 is 0 Å². The summed E-state index contributed by atoms with van der Waals surface area (Å²) in [5.74, 6) is 1.19. The van der Waals surface area contributed by atoms with Crippen LogP contribution < -0.4 is 16.2 Å². The number of carbonyl (C=O) groups excluding carboxylic acids is 2. The molecule has 0 unspecified atom stereocenters. The fourth-order valence-electron chi connectivity index (χ4n) is 5.52. The maximum Gasteiger partial charge on any atom is 0.263 e. The average molecular weight is 591 g/mol. The SMILES string of the molecule is CC(=O)c1c(C)c2cnc(Nc3ccc(NC(=O)Cc4ccc(-c5nnc(C)nn5)cc4)cn3)nc2n(C2CCCC2)c1=O. The van der Waals surface area contributed by atoms with Crippen molar-refractivity contribution >= 4 is 40.2 Å². The molecular weight excluding hydrogens is 560 g/mol. The maximum atomic E-state index is 13.4. The lowest BCUT2D eigenvalue weighted by Gasteiger charge is -2.19. The van der Waals surface area contributed by atoms with Gasteiger partial charge in [-0.3, -0.25) is 19.0 Å².